The van der Waals surface area contributed by atoms with E-state index in [0.29, 0.717) is 49.1 Å². The molecule has 0 aromatic heterocycles. The van der Waals surface area contributed by atoms with Crippen molar-refractivity contribution in [1.29, 1.82) is 0 Å². The minimum absolute atomic E-state index is 0.479. The largest absolute Gasteiger partial charge is 0.493 e. The monoisotopic (exact) mass is 800 g/mol. The molecule has 6 aromatic rings. The molecule has 0 unspecified atom stereocenters. The molecule has 6 rings (SSSR count). The van der Waals surface area contributed by atoms with Crippen LogP contribution in [-0.4, -0.2) is 36.4 Å². The third-order valence-corrected chi connectivity index (χ3v) is 9.05. The molecule has 0 spiro atoms. The topological polar surface area (TPSA) is 112 Å². The van der Waals surface area contributed by atoms with Crippen LogP contribution >= 0.6 is 0 Å². The van der Waals surface area contributed by atoms with Crippen LogP contribution in [0.25, 0.3) is 24.3 Å². The zero-order valence-corrected chi connectivity index (χ0v) is 33.6. The fraction of sp³-hybridized carbons (Fsp3) is 0.115. The second kappa shape index (κ2) is 23.6. The van der Waals surface area contributed by atoms with Gasteiger partial charge in [0.1, 0.15) is 13.2 Å². The van der Waals surface area contributed by atoms with Crippen LogP contribution in [0.15, 0.2) is 170 Å². The predicted molar refractivity (Wildman–Crippen MR) is 239 cm³/mol. The molecule has 304 valence electrons. The molecular formula is C52H48O8. The lowest BCUT2D eigenvalue weighted by Gasteiger charge is -2.12. The summed E-state index contributed by atoms with van der Waals surface area (Å²) in [5, 5.41) is 17.7. The lowest BCUT2D eigenvalue weighted by Crippen LogP contribution is -1.98. The highest BCUT2D eigenvalue weighted by Gasteiger charge is 2.08. The van der Waals surface area contributed by atoms with E-state index in [1.807, 2.05) is 170 Å². The van der Waals surface area contributed by atoms with Gasteiger partial charge in [0.05, 0.1) is 14.2 Å². The van der Waals surface area contributed by atoms with Gasteiger partial charge in [-0.05, 0) is 93.8 Å². The fourth-order valence-corrected chi connectivity index (χ4v) is 6.00. The number of allylic oxidation sites excluding steroid dienone is 2. The molecule has 0 fully saturated rings. The van der Waals surface area contributed by atoms with Gasteiger partial charge in [-0.15, -0.1) is 0 Å². The third-order valence-electron chi connectivity index (χ3n) is 9.05. The molecule has 0 amide bonds. The Labute approximate surface area is 351 Å². The third kappa shape index (κ3) is 14.4. The molecule has 0 aliphatic rings. The summed E-state index contributed by atoms with van der Waals surface area (Å²) in [5.74, 6) is 0.859. The maximum Gasteiger partial charge on any atom is 0.328 e. The van der Waals surface area contributed by atoms with Gasteiger partial charge in [0.25, 0.3) is 0 Å². The first-order valence-electron chi connectivity index (χ1n) is 19.3. The van der Waals surface area contributed by atoms with Gasteiger partial charge >= 0.3 is 11.9 Å². The number of carbonyl (C=O) groups is 2. The highest BCUT2D eigenvalue weighted by atomic mass is 16.5. The SMILES string of the molecule is COc1cc(C=CCc2ccccc2C=CC(=O)O)ccc1OCc1ccccc1.COc1cc(CC=Cc2ccccc2C=CC(=O)O)ccc1OCc1ccccc1. The molecule has 0 saturated heterocycles. The Morgan fingerprint density at radius 2 is 0.950 bits per heavy atom. The Kier molecular flexibility index (Phi) is 17.1. The summed E-state index contributed by atoms with van der Waals surface area (Å²) in [6, 6.07) is 47.1. The van der Waals surface area contributed by atoms with Crippen molar-refractivity contribution in [2.24, 2.45) is 0 Å². The zero-order chi connectivity index (χ0) is 42.4. The Balaban J connectivity index is 0.000000228. The quantitative estimate of drug-likeness (QED) is 0.0827. The van der Waals surface area contributed by atoms with E-state index in [-0.39, 0.29) is 0 Å². The average Bonchev–Trinajstić information content (AvgIpc) is 3.28. The molecule has 0 bridgehead atoms. The van der Waals surface area contributed by atoms with E-state index in [4.69, 9.17) is 29.2 Å². The smallest absolute Gasteiger partial charge is 0.328 e. The number of methoxy groups -OCH3 is 2. The zero-order valence-electron chi connectivity index (χ0n) is 33.6. The standard InChI is InChI=1S/2C26H24O4/c2*1-29-25-18-20(14-16-24(25)30-19-21-8-3-2-4-9-21)10-7-13-22-11-5-6-12-23(22)15-17-26(27)28/h2-9,11-18H,10,19H2,1H3,(H,27,28);2-12,14-18H,13,19H2,1H3,(H,27,28). The first kappa shape index (κ1) is 43.5. The summed E-state index contributed by atoms with van der Waals surface area (Å²) in [6.45, 7) is 0.962. The normalized spacial score (nSPS) is 11.1. The number of hydrogen-bond donors (Lipinski definition) is 2. The van der Waals surface area contributed by atoms with Crippen LogP contribution in [0.1, 0.15) is 44.5 Å². The highest BCUT2D eigenvalue weighted by Crippen LogP contribution is 2.31. The summed E-state index contributed by atoms with van der Waals surface area (Å²) < 4.78 is 22.8. The molecule has 2 N–H and O–H groups in total. The number of aliphatic carboxylic acids is 2. The minimum Gasteiger partial charge on any atom is -0.493 e. The van der Waals surface area contributed by atoms with Gasteiger partial charge in [-0.2, -0.15) is 0 Å². The summed E-state index contributed by atoms with van der Waals surface area (Å²) in [6.07, 6.45) is 15.0. The van der Waals surface area contributed by atoms with Crippen LogP contribution in [0.5, 0.6) is 23.0 Å². The van der Waals surface area contributed by atoms with Gasteiger partial charge in [-0.25, -0.2) is 9.59 Å². The van der Waals surface area contributed by atoms with E-state index in [9.17, 15) is 9.59 Å². The molecule has 0 saturated carbocycles. The number of carboxylic acids is 2. The minimum atomic E-state index is -0.963. The van der Waals surface area contributed by atoms with Crippen molar-refractivity contribution in [3.63, 3.8) is 0 Å². The van der Waals surface area contributed by atoms with Crippen molar-refractivity contribution in [2.75, 3.05) is 14.2 Å². The van der Waals surface area contributed by atoms with Gasteiger partial charge in [0.2, 0.25) is 0 Å². The Morgan fingerprint density at radius 1 is 0.467 bits per heavy atom. The van der Waals surface area contributed by atoms with Crippen LogP contribution in [-0.2, 0) is 35.6 Å². The Bertz CT molecular complexity index is 2410. The van der Waals surface area contributed by atoms with Crippen LogP contribution in [0.3, 0.4) is 0 Å². The molecule has 0 atom stereocenters. The van der Waals surface area contributed by atoms with Crippen molar-refractivity contribution < 1.29 is 38.7 Å². The van der Waals surface area contributed by atoms with Crippen LogP contribution in [0, 0.1) is 0 Å². The van der Waals surface area contributed by atoms with E-state index < -0.39 is 11.9 Å². The van der Waals surface area contributed by atoms with Crippen molar-refractivity contribution >= 4 is 36.2 Å². The van der Waals surface area contributed by atoms with Gasteiger partial charge < -0.3 is 29.2 Å². The summed E-state index contributed by atoms with van der Waals surface area (Å²) in [4.78, 5) is 21.5. The maximum absolute atomic E-state index is 10.8. The molecule has 8 nitrogen and oxygen atoms in total. The molecule has 6 aromatic carbocycles. The van der Waals surface area contributed by atoms with Gasteiger partial charge in [0.15, 0.2) is 23.0 Å². The van der Waals surface area contributed by atoms with Crippen molar-refractivity contribution in [2.45, 2.75) is 26.1 Å². The first-order valence-corrected chi connectivity index (χ1v) is 19.3. The molecular weight excluding hydrogens is 753 g/mol. The predicted octanol–water partition coefficient (Wildman–Crippen LogP) is 11.3. The second-order valence-corrected chi connectivity index (χ2v) is 13.3. The summed E-state index contributed by atoms with van der Waals surface area (Å²) in [7, 11) is 3.26. The molecule has 8 heteroatoms. The number of hydrogen-bond acceptors (Lipinski definition) is 6. The number of benzene rings is 6. The number of carboxylic acid groups (broad SMARTS) is 2. The Morgan fingerprint density at radius 3 is 1.53 bits per heavy atom. The molecule has 0 heterocycles. The number of rotatable bonds is 18. The van der Waals surface area contributed by atoms with Gasteiger partial charge in [-0.1, -0.05) is 146 Å². The van der Waals surface area contributed by atoms with E-state index >= 15 is 0 Å². The van der Waals surface area contributed by atoms with E-state index in [1.165, 1.54) is 0 Å². The van der Waals surface area contributed by atoms with Gasteiger partial charge in [-0.3, -0.25) is 0 Å². The molecule has 0 aliphatic heterocycles. The molecule has 0 aliphatic carbocycles. The first-order chi connectivity index (χ1) is 29.3. The maximum atomic E-state index is 10.8. The van der Waals surface area contributed by atoms with Crippen LogP contribution in [0.2, 0.25) is 0 Å². The summed E-state index contributed by atoms with van der Waals surface area (Å²) >= 11 is 0. The lowest BCUT2D eigenvalue weighted by molar-refractivity contribution is -0.132. The van der Waals surface area contributed by atoms with E-state index in [1.54, 1.807) is 26.4 Å². The van der Waals surface area contributed by atoms with Crippen molar-refractivity contribution in [1.82, 2.24) is 0 Å². The lowest BCUT2D eigenvalue weighted by atomic mass is 10.0. The number of ether oxygens (including phenoxy) is 4. The summed E-state index contributed by atoms with van der Waals surface area (Å²) in [5.41, 5.74) is 8.06. The van der Waals surface area contributed by atoms with E-state index in [0.717, 1.165) is 56.7 Å². The van der Waals surface area contributed by atoms with Crippen LogP contribution in [0.4, 0.5) is 0 Å². The average molecular weight is 801 g/mol. The fourth-order valence-electron chi connectivity index (χ4n) is 6.00. The Hall–Kier alpha value is -7.58. The molecule has 0 radical (unpaired) electrons. The van der Waals surface area contributed by atoms with Gasteiger partial charge in [0, 0.05) is 12.2 Å². The molecule has 60 heavy (non-hydrogen) atoms. The van der Waals surface area contributed by atoms with E-state index in [2.05, 4.69) is 0 Å². The highest BCUT2D eigenvalue weighted by molar-refractivity contribution is 5.86. The van der Waals surface area contributed by atoms with Crippen molar-refractivity contribution in [3.05, 3.63) is 214 Å². The van der Waals surface area contributed by atoms with Crippen molar-refractivity contribution in [3.8, 4) is 23.0 Å². The second-order valence-electron chi connectivity index (χ2n) is 13.3. The van der Waals surface area contributed by atoms with Crippen LogP contribution < -0.4 is 18.9 Å².